The number of sulfonamides is 1. The quantitative estimate of drug-likeness (QED) is 0.885. The van der Waals surface area contributed by atoms with Crippen molar-refractivity contribution in [1.29, 1.82) is 0 Å². The first-order valence-corrected chi connectivity index (χ1v) is 7.98. The molecule has 0 heterocycles. The summed E-state index contributed by atoms with van der Waals surface area (Å²) in [4.78, 5) is 0.124. The van der Waals surface area contributed by atoms with E-state index in [4.69, 9.17) is 22.1 Å². The van der Waals surface area contributed by atoms with Gasteiger partial charge in [-0.3, -0.25) is 4.72 Å². The maximum Gasteiger partial charge on any atom is 0.261 e. The summed E-state index contributed by atoms with van der Waals surface area (Å²) in [5.41, 5.74) is 6.65. The number of anilines is 1. The lowest BCUT2D eigenvalue weighted by Gasteiger charge is -2.11. The van der Waals surface area contributed by atoms with Crippen LogP contribution in [0.5, 0.6) is 5.75 Å². The molecule has 0 unspecified atom stereocenters. The minimum absolute atomic E-state index is 0.124. The molecule has 7 heteroatoms. The van der Waals surface area contributed by atoms with Crippen LogP contribution in [0.3, 0.4) is 0 Å². The molecular formula is C14H15ClN2O3S. The maximum absolute atomic E-state index is 12.3. The van der Waals surface area contributed by atoms with E-state index in [1.807, 2.05) is 0 Å². The van der Waals surface area contributed by atoms with Crippen LogP contribution >= 0.6 is 11.6 Å². The molecule has 0 aliphatic heterocycles. The molecule has 0 fully saturated rings. The lowest BCUT2D eigenvalue weighted by Crippen LogP contribution is -2.13. The Morgan fingerprint density at radius 2 is 1.86 bits per heavy atom. The molecule has 3 N–H and O–H groups in total. The molecular weight excluding hydrogens is 312 g/mol. The van der Waals surface area contributed by atoms with Crippen LogP contribution < -0.4 is 15.2 Å². The molecule has 2 aromatic rings. The fourth-order valence-electron chi connectivity index (χ4n) is 1.81. The van der Waals surface area contributed by atoms with Gasteiger partial charge in [-0.25, -0.2) is 8.42 Å². The summed E-state index contributed by atoms with van der Waals surface area (Å²) in [6.45, 7) is 0.188. The number of rotatable bonds is 5. The summed E-state index contributed by atoms with van der Waals surface area (Å²) >= 11 is 5.77. The Hall–Kier alpha value is -1.76. The third-order valence-electron chi connectivity index (χ3n) is 2.88. The van der Waals surface area contributed by atoms with Crippen LogP contribution in [-0.4, -0.2) is 15.5 Å². The van der Waals surface area contributed by atoms with Crippen molar-refractivity contribution in [2.75, 3.05) is 11.8 Å². The van der Waals surface area contributed by atoms with Gasteiger partial charge in [0.25, 0.3) is 10.0 Å². The highest BCUT2D eigenvalue weighted by Gasteiger charge is 2.16. The fourth-order valence-corrected chi connectivity index (χ4v) is 3.05. The lowest BCUT2D eigenvalue weighted by atomic mass is 10.2. The molecule has 0 saturated heterocycles. The van der Waals surface area contributed by atoms with Gasteiger partial charge < -0.3 is 10.5 Å². The van der Waals surface area contributed by atoms with Crippen LogP contribution in [0.1, 0.15) is 5.56 Å². The van der Waals surface area contributed by atoms with E-state index < -0.39 is 10.0 Å². The Morgan fingerprint density at radius 1 is 1.19 bits per heavy atom. The van der Waals surface area contributed by atoms with Gasteiger partial charge in [0.1, 0.15) is 5.75 Å². The van der Waals surface area contributed by atoms with E-state index >= 15 is 0 Å². The number of ether oxygens (including phenoxy) is 1. The molecule has 0 bridgehead atoms. The van der Waals surface area contributed by atoms with E-state index in [1.165, 1.54) is 19.2 Å². The van der Waals surface area contributed by atoms with Crippen molar-refractivity contribution in [3.63, 3.8) is 0 Å². The Labute approximate surface area is 128 Å². The zero-order valence-corrected chi connectivity index (χ0v) is 12.9. The molecule has 0 aromatic heterocycles. The Kier molecular flexibility index (Phi) is 4.72. The van der Waals surface area contributed by atoms with E-state index in [-0.39, 0.29) is 11.4 Å². The SMILES string of the molecule is COc1ccc(S(=O)(=O)Nc2ccc(Cl)cc2)cc1CN. The Balaban J connectivity index is 2.33. The first-order chi connectivity index (χ1) is 9.96. The average molecular weight is 327 g/mol. The Bertz CT molecular complexity index is 730. The van der Waals surface area contributed by atoms with Crippen molar-refractivity contribution in [2.45, 2.75) is 11.4 Å². The van der Waals surface area contributed by atoms with Crippen molar-refractivity contribution >= 4 is 27.3 Å². The van der Waals surface area contributed by atoms with Crippen molar-refractivity contribution in [2.24, 2.45) is 5.73 Å². The van der Waals surface area contributed by atoms with Crippen LogP contribution in [0.15, 0.2) is 47.4 Å². The standard InChI is InChI=1S/C14H15ClN2O3S/c1-20-14-7-6-13(8-10(14)9-16)21(18,19)17-12-4-2-11(15)3-5-12/h2-8,17H,9,16H2,1H3. The second kappa shape index (κ2) is 6.34. The van der Waals surface area contributed by atoms with Crippen LogP contribution in [-0.2, 0) is 16.6 Å². The van der Waals surface area contributed by atoms with E-state index in [1.54, 1.807) is 30.3 Å². The molecule has 0 atom stereocenters. The van der Waals surface area contributed by atoms with Gasteiger partial charge in [-0.1, -0.05) is 11.6 Å². The van der Waals surface area contributed by atoms with E-state index in [0.29, 0.717) is 22.0 Å². The van der Waals surface area contributed by atoms with E-state index in [0.717, 1.165) is 0 Å². The van der Waals surface area contributed by atoms with Crippen LogP contribution in [0.2, 0.25) is 5.02 Å². The number of hydrogen-bond acceptors (Lipinski definition) is 4. The molecule has 0 amide bonds. The zero-order valence-electron chi connectivity index (χ0n) is 11.3. The minimum Gasteiger partial charge on any atom is -0.496 e. The predicted molar refractivity (Wildman–Crippen MR) is 83.1 cm³/mol. The van der Waals surface area contributed by atoms with Gasteiger partial charge in [0.05, 0.1) is 12.0 Å². The molecule has 2 aromatic carbocycles. The summed E-state index contributed by atoms with van der Waals surface area (Å²) in [5.74, 6) is 0.558. The summed E-state index contributed by atoms with van der Waals surface area (Å²) in [5, 5.41) is 0.535. The van der Waals surface area contributed by atoms with Gasteiger partial charge in [-0.2, -0.15) is 0 Å². The topological polar surface area (TPSA) is 81.4 Å². The molecule has 0 saturated carbocycles. The maximum atomic E-state index is 12.3. The van der Waals surface area contributed by atoms with Crippen LogP contribution in [0.4, 0.5) is 5.69 Å². The van der Waals surface area contributed by atoms with Gasteiger partial charge in [0.2, 0.25) is 0 Å². The largest absolute Gasteiger partial charge is 0.496 e. The fraction of sp³-hybridized carbons (Fsp3) is 0.143. The first kappa shape index (κ1) is 15.6. The van der Waals surface area contributed by atoms with Crippen molar-refractivity contribution in [3.8, 4) is 5.75 Å². The highest BCUT2D eigenvalue weighted by atomic mass is 35.5. The van der Waals surface area contributed by atoms with Crippen molar-refractivity contribution < 1.29 is 13.2 Å². The molecule has 0 aliphatic carbocycles. The van der Waals surface area contributed by atoms with Crippen molar-refractivity contribution in [3.05, 3.63) is 53.1 Å². The number of benzene rings is 2. The van der Waals surface area contributed by atoms with Crippen molar-refractivity contribution in [1.82, 2.24) is 0 Å². The Morgan fingerprint density at radius 3 is 2.43 bits per heavy atom. The number of hydrogen-bond donors (Lipinski definition) is 2. The summed E-state index contributed by atoms with van der Waals surface area (Å²) in [6.07, 6.45) is 0. The number of methoxy groups -OCH3 is 1. The second-order valence-corrected chi connectivity index (χ2v) is 6.41. The molecule has 112 valence electrons. The van der Waals surface area contributed by atoms with Gasteiger partial charge >= 0.3 is 0 Å². The molecule has 0 radical (unpaired) electrons. The van der Waals surface area contributed by atoms with Gasteiger partial charge in [-0.05, 0) is 42.5 Å². The lowest BCUT2D eigenvalue weighted by molar-refractivity contribution is 0.409. The highest BCUT2D eigenvalue weighted by Crippen LogP contribution is 2.24. The van der Waals surface area contributed by atoms with Gasteiger partial charge in [0.15, 0.2) is 0 Å². The molecule has 21 heavy (non-hydrogen) atoms. The van der Waals surface area contributed by atoms with Gasteiger partial charge in [-0.15, -0.1) is 0 Å². The first-order valence-electron chi connectivity index (χ1n) is 6.11. The number of nitrogens with one attached hydrogen (secondary N) is 1. The molecule has 0 spiro atoms. The summed E-state index contributed by atoms with van der Waals surface area (Å²) in [6, 6.07) is 10.9. The number of nitrogens with two attached hydrogens (primary N) is 1. The average Bonchev–Trinajstić information content (AvgIpc) is 2.48. The molecule has 5 nitrogen and oxygen atoms in total. The second-order valence-electron chi connectivity index (χ2n) is 4.29. The van der Waals surface area contributed by atoms with Crippen LogP contribution in [0, 0.1) is 0 Å². The predicted octanol–water partition coefficient (Wildman–Crippen LogP) is 2.61. The normalized spacial score (nSPS) is 11.2. The van der Waals surface area contributed by atoms with Gasteiger partial charge in [0, 0.05) is 22.8 Å². The van der Waals surface area contributed by atoms with E-state index in [9.17, 15) is 8.42 Å². The monoisotopic (exact) mass is 326 g/mol. The third-order valence-corrected chi connectivity index (χ3v) is 4.51. The third kappa shape index (κ3) is 3.66. The summed E-state index contributed by atoms with van der Waals surface area (Å²) < 4.78 is 32.3. The smallest absolute Gasteiger partial charge is 0.261 e. The highest BCUT2D eigenvalue weighted by molar-refractivity contribution is 7.92. The molecule has 0 aliphatic rings. The summed E-state index contributed by atoms with van der Waals surface area (Å²) in [7, 11) is -2.18. The number of halogens is 1. The van der Waals surface area contributed by atoms with E-state index in [2.05, 4.69) is 4.72 Å². The minimum atomic E-state index is -3.69. The zero-order chi connectivity index (χ0) is 15.5. The van der Waals surface area contributed by atoms with Crippen LogP contribution in [0.25, 0.3) is 0 Å². The molecule has 2 rings (SSSR count).